The number of aryl methyl sites for hydroxylation is 2. The lowest BCUT2D eigenvalue weighted by atomic mass is 10.1. The van der Waals surface area contributed by atoms with Crippen LogP contribution < -0.4 is 10.2 Å². The summed E-state index contributed by atoms with van der Waals surface area (Å²) in [4.78, 5) is 26.1. The molecule has 1 saturated heterocycles. The second-order valence-corrected chi connectivity index (χ2v) is 8.25. The Hall–Kier alpha value is -3.67. The molecule has 0 radical (unpaired) electrons. The van der Waals surface area contributed by atoms with Gasteiger partial charge in [-0.15, -0.1) is 0 Å². The molecule has 1 aliphatic rings. The smallest absolute Gasteiger partial charge is 0.248 e. The number of amides is 2. The molecule has 0 unspecified atom stereocenters. The molecule has 1 aromatic heterocycles. The largest absolute Gasteiger partial charge is 0.323 e. The molecule has 0 spiro atoms. The first-order valence-electron chi connectivity index (χ1n) is 10.9. The SMILES string of the molecule is Cc1ccc(Cn2nc(C)c(C=CC(=O)Nc3ccc(N4CCCC4=O)cc3)c2C)cc1. The lowest BCUT2D eigenvalue weighted by Crippen LogP contribution is -2.23. The molecule has 6 nitrogen and oxygen atoms in total. The number of rotatable bonds is 6. The van der Waals surface area contributed by atoms with Crippen LogP contribution in [0.3, 0.4) is 0 Å². The minimum absolute atomic E-state index is 0.151. The highest BCUT2D eigenvalue weighted by molar-refractivity contribution is 6.02. The Balaban J connectivity index is 1.40. The Morgan fingerprint density at radius 2 is 1.78 bits per heavy atom. The Morgan fingerprint density at radius 1 is 1.06 bits per heavy atom. The first-order chi connectivity index (χ1) is 15.4. The molecular weight excluding hydrogens is 400 g/mol. The lowest BCUT2D eigenvalue weighted by Gasteiger charge is -2.15. The number of nitrogens with zero attached hydrogens (tertiary/aromatic N) is 3. The van der Waals surface area contributed by atoms with Crippen LogP contribution in [-0.4, -0.2) is 28.1 Å². The number of carbonyl (C=O) groups is 2. The van der Waals surface area contributed by atoms with Gasteiger partial charge in [0.05, 0.1) is 12.2 Å². The van der Waals surface area contributed by atoms with E-state index < -0.39 is 0 Å². The molecule has 1 N–H and O–H groups in total. The molecule has 0 atom stereocenters. The molecule has 2 amide bonds. The van der Waals surface area contributed by atoms with Crippen molar-refractivity contribution in [3.05, 3.63) is 82.7 Å². The van der Waals surface area contributed by atoms with E-state index in [0.717, 1.165) is 35.6 Å². The number of nitrogens with one attached hydrogen (secondary N) is 1. The van der Waals surface area contributed by atoms with E-state index in [9.17, 15) is 9.59 Å². The summed E-state index contributed by atoms with van der Waals surface area (Å²) in [6.45, 7) is 7.49. The fourth-order valence-electron chi connectivity index (χ4n) is 3.96. The van der Waals surface area contributed by atoms with Crippen LogP contribution in [0.5, 0.6) is 0 Å². The molecule has 3 aromatic rings. The van der Waals surface area contributed by atoms with E-state index in [-0.39, 0.29) is 11.8 Å². The van der Waals surface area contributed by atoms with E-state index in [0.29, 0.717) is 18.7 Å². The summed E-state index contributed by atoms with van der Waals surface area (Å²) < 4.78 is 1.97. The van der Waals surface area contributed by atoms with Gasteiger partial charge in [-0.05, 0) is 63.1 Å². The zero-order valence-electron chi connectivity index (χ0n) is 18.8. The van der Waals surface area contributed by atoms with Crippen LogP contribution in [0.4, 0.5) is 11.4 Å². The highest BCUT2D eigenvalue weighted by Gasteiger charge is 2.21. The molecule has 6 heteroatoms. The number of benzene rings is 2. The normalized spacial score (nSPS) is 13.8. The van der Waals surface area contributed by atoms with Gasteiger partial charge in [0.1, 0.15) is 0 Å². The monoisotopic (exact) mass is 428 g/mol. The molecule has 0 aliphatic carbocycles. The van der Waals surface area contributed by atoms with Crippen LogP contribution in [0.25, 0.3) is 6.08 Å². The third kappa shape index (κ3) is 4.80. The number of hydrogen-bond donors (Lipinski definition) is 1. The van der Waals surface area contributed by atoms with Crippen molar-refractivity contribution in [1.29, 1.82) is 0 Å². The van der Waals surface area contributed by atoms with Gasteiger partial charge in [-0.1, -0.05) is 29.8 Å². The van der Waals surface area contributed by atoms with E-state index in [1.807, 2.05) is 48.9 Å². The first kappa shape index (κ1) is 21.6. The molecule has 0 saturated carbocycles. The average Bonchev–Trinajstić information content (AvgIpc) is 3.31. The van der Waals surface area contributed by atoms with E-state index in [1.165, 1.54) is 17.2 Å². The summed E-state index contributed by atoms with van der Waals surface area (Å²) in [6, 6.07) is 15.8. The van der Waals surface area contributed by atoms with Gasteiger partial charge >= 0.3 is 0 Å². The van der Waals surface area contributed by atoms with E-state index in [2.05, 4.69) is 41.6 Å². The van der Waals surface area contributed by atoms with Gasteiger partial charge in [0, 0.05) is 41.7 Å². The molecular formula is C26H28N4O2. The fourth-order valence-corrected chi connectivity index (χ4v) is 3.96. The second-order valence-electron chi connectivity index (χ2n) is 8.25. The van der Waals surface area contributed by atoms with Crippen LogP contribution in [-0.2, 0) is 16.1 Å². The van der Waals surface area contributed by atoms with Crippen LogP contribution in [0.2, 0.25) is 0 Å². The molecule has 1 aliphatic heterocycles. The third-order valence-electron chi connectivity index (χ3n) is 5.81. The Morgan fingerprint density at radius 3 is 2.44 bits per heavy atom. The molecule has 32 heavy (non-hydrogen) atoms. The van der Waals surface area contributed by atoms with Crippen LogP contribution in [0.1, 0.15) is 40.9 Å². The van der Waals surface area contributed by atoms with Crippen LogP contribution in [0, 0.1) is 20.8 Å². The summed E-state index contributed by atoms with van der Waals surface area (Å²) >= 11 is 0. The van der Waals surface area contributed by atoms with Crippen molar-refractivity contribution < 1.29 is 9.59 Å². The van der Waals surface area contributed by atoms with Crippen molar-refractivity contribution >= 4 is 29.3 Å². The van der Waals surface area contributed by atoms with Gasteiger partial charge in [-0.25, -0.2) is 0 Å². The maximum atomic E-state index is 12.4. The predicted molar refractivity (Wildman–Crippen MR) is 128 cm³/mol. The molecule has 4 rings (SSSR count). The quantitative estimate of drug-likeness (QED) is 0.582. The summed E-state index contributed by atoms with van der Waals surface area (Å²) in [5.41, 5.74) is 6.84. The molecule has 2 heterocycles. The number of carbonyl (C=O) groups excluding carboxylic acids is 2. The maximum absolute atomic E-state index is 12.4. The van der Waals surface area contributed by atoms with Gasteiger partial charge in [0.25, 0.3) is 0 Å². The van der Waals surface area contributed by atoms with Crippen molar-refractivity contribution in [2.45, 2.75) is 40.2 Å². The Labute approximate surface area is 188 Å². The highest BCUT2D eigenvalue weighted by atomic mass is 16.2. The molecule has 0 bridgehead atoms. The standard InChI is InChI=1S/C26H28N4O2/c1-18-6-8-21(9-7-18)17-30-20(3)24(19(2)28-30)14-15-25(31)27-22-10-12-23(13-11-22)29-16-4-5-26(29)32/h6-15H,4-5,16-17H2,1-3H3,(H,27,31). The van der Waals surface area contributed by atoms with Gasteiger partial charge in [0.2, 0.25) is 11.8 Å². The minimum Gasteiger partial charge on any atom is -0.323 e. The fraction of sp³-hybridized carbons (Fsp3) is 0.269. The van der Waals surface area contributed by atoms with Crippen molar-refractivity contribution in [1.82, 2.24) is 9.78 Å². The second kappa shape index (κ2) is 9.22. The summed E-state index contributed by atoms with van der Waals surface area (Å²) in [6.07, 6.45) is 4.84. The molecule has 2 aromatic carbocycles. The number of hydrogen-bond acceptors (Lipinski definition) is 3. The van der Waals surface area contributed by atoms with Crippen LogP contribution in [0.15, 0.2) is 54.6 Å². The van der Waals surface area contributed by atoms with E-state index in [4.69, 9.17) is 0 Å². The van der Waals surface area contributed by atoms with Crippen molar-refractivity contribution in [3.8, 4) is 0 Å². The van der Waals surface area contributed by atoms with Gasteiger partial charge in [-0.2, -0.15) is 5.10 Å². The average molecular weight is 429 g/mol. The number of anilines is 2. The molecule has 1 fully saturated rings. The highest BCUT2D eigenvalue weighted by Crippen LogP contribution is 2.23. The topological polar surface area (TPSA) is 67.2 Å². The molecule has 164 valence electrons. The lowest BCUT2D eigenvalue weighted by molar-refractivity contribution is -0.117. The van der Waals surface area contributed by atoms with Gasteiger partial charge in [-0.3, -0.25) is 14.3 Å². The Kier molecular flexibility index (Phi) is 6.21. The van der Waals surface area contributed by atoms with Crippen molar-refractivity contribution in [3.63, 3.8) is 0 Å². The van der Waals surface area contributed by atoms with Crippen LogP contribution >= 0.6 is 0 Å². The maximum Gasteiger partial charge on any atom is 0.248 e. The van der Waals surface area contributed by atoms with Gasteiger partial charge < -0.3 is 10.2 Å². The zero-order valence-corrected chi connectivity index (χ0v) is 18.8. The third-order valence-corrected chi connectivity index (χ3v) is 5.81. The minimum atomic E-state index is -0.208. The van der Waals surface area contributed by atoms with Crippen molar-refractivity contribution in [2.75, 3.05) is 16.8 Å². The van der Waals surface area contributed by atoms with E-state index in [1.54, 1.807) is 4.90 Å². The number of aromatic nitrogens is 2. The Bertz CT molecular complexity index is 1160. The summed E-state index contributed by atoms with van der Waals surface area (Å²) in [5.74, 6) is -0.0570. The summed E-state index contributed by atoms with van der Waals surface area (Å²) in [7, 11) is 0. The predicted octanol–water partition coefficient (Wildman–Crippen LogP) is 4.64. The van der Waals surface area contributed by atoms with Crippen molar-refractivity contribution in [2.24, 2.45) is 0 Å². The summed E-state index contributed by atoms with van der Waals surface area (Å²) in [5, 5.41) is 7.52. The first-order valence-corrected chi connectivity index (χ1v) is 10.9. The van der Waals surface area contributed by atoms with Gasteiger partial charge in [0.15, 0.2) is 0 Å². The zero-order chi connectivity index (χ0) is 22.7. The van der Waals surface area contributed by atoms with E-state index >= 15 is 0 Å².